The Balaban J connectivity index is 2.76. The minimum Gasteiger partial charge on any atom is -0.211 e. The Labute approximate surface area is 68.5 Å². The van der Waals surface area contributed by atoms with Crippen LogP contribution in [0.5, 0.6) is 0 Å². The summed E-state index contributed by atoms with van der Waals surface area (Å²) in [6.45, 7) is 7.70. The predicted octanol–water partition coefficient (Wildman–Crippen LogP) is 3.69. The third kappa shape index (κ3) is 2.05. The molecule has 1 fully saturated rings. The molecule has 0 amide bonds. The fraction of sp³-hybridized carbons (Fsp3) is 0.800. The van der Waals surface area contributed by atoms with Gasteiger partial charge in [0.25, 0.3) is 0 Å². The molecule has 0 atom stereocenters. The van der Waals surface area contributed by atoms with Gasteiger partial charge in [-0.2, -0.15) is 0 Å². The quantitative estimate of drug-likeness (QED) is 0.543. The Morgan fingerprint density at radius 1 is 1.27 bits per heavy atom. The molecule has 11 heavy (non-hydrogen) atoms. The maximum absolute atomic E-state index is 13.5. The van der Waals surface area contributed by atoms with Gasteiger partial charge < -0.3 is 0 Å². The molecule has 0 bridgehead atoms. The molecule has 64 valence electrons. The van der Waals surface area contributed by atoms with Crippen LogP contribution in [-0.4, -0.2) is 0 Å². The summed E-state index contributed by atoms with van der Waals surface area (Å²) in [5, 5.41) is 0. The van der Waals surface area contributed by atoms with Gasteiger partial charge in [0.05, 0.1) is 0 Å². The highest BCUT2D eigenvalue weighted by molar-refractivity contribution is 5.18. The number of hydrogen-bond donors (Lipinski definition) is 0. The first kappa shape index (κ1) is 8.76. The van der Waals surface area contributed by atoms with Crippen molar-refractivity contribution in [2.45, 2.75) is 40.5 Å². The molecule has 0 heterocycles. The molecule has 1 aliphatic carbocycles. The number of allylic oxidation sites excluding steroid dienone is 2. The standard InChI is InChI=1S/C10H17F/c1-7(8-5-6-8)9(11)10(2,3)4/h8H,5-6H2,1-4H3/b9-7+. The van der Waals surface area contributed by atoms with Crippen LogP contribution in [0.4, 0.5) is 4.39 Å². The van der Waals surface area contributed by atoms with Crippen molar-refractivity contribution in [1.29, 1.82) is 0 Å². The molecule has 0 aliphatic heterocycles. The van der Waals surface area contributed by atoms with Crippen molar-refractivity contribution in [2.24, 2.45) is 11.3 Å². The molecule has 0 radical (unpaired) electrons. The van der Waals surface area contributed by atoms with Crippen molar-refractivity contribution >= 4 is 0 Å². The Bertz CT molecular complexity index is 180. The molecule has 0 spiro atoms. The summed E-state index contributed by atoms with van der Waals surface area (Å²) >= 11 is 0. The van der Waals surface area contributed by atoms with Gasteiger partial charge in [-0.25, -0.2) is 4.39 Å². The van der Waals surface area contributed by atoms with Crippen LogP contribution < -0.4 is 0 Å². The third-order valence-corrected chi connectivity index (χ3v) is 2.19. The summed E-state index contributed by atoms with van der Waals surface area (Å²) in [7, 11) is 0. The van der Waals surface area contributed by atoms with E-state index in [4.69, 9.17) is 0 Å². The van der Waals surface area contributed by atoms with Crippen LogP contribution in [0, 0.1) is 11.3 Å². The van der Waals surface area contributed by atoms with E-state index >= 15 is 0 Å². The molecular weight excluding hydrogens is 139 g/mol. The zero-order valence-corrected chi connectivity index (χ0v) is 7.87. The fourth-order valence-electron chi connectivity index (χ4n) is 1.29. The lowest BCUT2D eigenvalue weighted by Gasteiger charge is -2.18. The first-order valence-corrected chi connectivity index (χ1v) is 4.29. The zero-order valence-electron chi connectivity index (χ0n) is 7.87. The fourth-order valence-corrected chi connectivity index (χ4v) is 1.29. The summed E-state index contributed by atoms with van der Waals surface area (Å²) in [5.74, 6) is 0.661. The van der Waals surface area contributed by atoms with Gasteiger partial charge in [0.1, 0.15) is 5.83 Å². The van der Waals surface area contributed by atoms with Crippen LogP contribution in [0.25, 0.3) is 0 Å². The predicted molar refractivity (Wildman–Crippen MR) is 46.0 cm³/mol. The van der Waals surface area contributed by atoms with Crippen molar-refractivity contribution in [3.63, 3.8) is 0 Å². The van der Waals surface area contributed by atoms with Crippen molar-refractivity contribution in [1.82, 2.24) is 0 Å². The van der Waals surface area contributed by atoms with E-state index in [0.717, 1.165) is 5.57 Å². The van der Waals surface area contributed by atoms with Crippen LogP contribution in [0.15, 0.2) is 11.4 Å². The lowest BCUT2D eigenvalue weighted by molar-refractivity contribution is 0.373. The molecular formula is C10H17F. The molecule has 0 nitrogen and oxygen atoms in total. The van der Waals surface area contributed by atoms with Crippen molar-refractivity contribution < 1.29 is 4.39 Å². The molecule has 1 rings (SSSR count). The molecule has 0 unspecified atom stereocenters. The lowest BCUT2D eigenvalue weighted by Crippen LogP contribution is -2.08. The Hall–Kier alpha value is -0.330. The molecule has 1 saturated carbocycles. The third-order valence-electron chi connectivity index (χ3n) is 2.19. The summed E-state index contributed by atoms with van der Waals surface area (Å²) in [5.41, 5.74) is 0.699. The second-order valence-electron chi connectivity index (χ2n) is 4.52. The van der Waals surface area contributed by atoms with E-state index in [1.165, 1.54) is 12.8 Å². The Kier molecular flexibility index (Phi) is 2.08. The largest absolute Gasteiger partial charge is 0.211 e. The Morgan fingerprint density at radius 3 is 2.00 bits per heavy atom. The highest BCUT2D eigenvalue weighted by atomic mass is 19.1. The summed E-state index contributed by atoms with van der Waals surface area (Å²) in [6.07, 6.45) is 2.38. The van der Waals surface area contributed by atoms with E-state index in [1.54, 1.807) is 0 Å². The molecule has 0 saturated heterocycles. The van der Waals surface area contributed by atoms with E-state index in [2.05, 4.69) is 0 Å². The van der Waals surface area contributed by atoms with Crippen molar-refractivity contribution in [3.8, 4) is 0 Å². The average molecular weight is 156 g/mol. The normalized spacial score (nSPS) is 21.5. The summed E-state index contributed by atoms with van der Waals surface area (Å²) in [4.78, 5) is 0. The van der Waals surface area contributed by atoms with E-state index in [0.29, 0.717) is 5.92 Å². The average Bonchev–Trinajstić information content (AvgIpc) is 2.63. The molecule has 0 aromatic heterocycles. The van der Waals surface area contributed by atoms with Crippen molar-refractivity contribution in [3.05, 3.63) is 11.4 Å². The molecule has 0 aromatic rings. The minimum absolute atomic E-state index is 0.0972. The summed E-state index contributed by atoms with van der Waals surface area (Å²) < 4.78 is 13.5. The van der Waals surface area contributed by atoms with Gasteiger partial charge in [0.15, 0.2) is 0 Å². The maximum Gasteiger partial charge on any atom is 0.104 e. The number of rotatable bonds is 1. The first-order valence-electron chi connectivity index (χ1n) is 4.29. The molecule has 0 N–H and O–H groups in total. The van der Waals surface area contributed by atoms with Crippen LogP contribution in [0.1, 0.15) is 40.5 Å². The SMILES string of the molecule is C/C(=C(\F)C(C)(C)C)C1CC1. The van der Waals surface area contributed by atoms with E-state index in [1.807, 2.05) is 27.7 Å². The van der Waals surface area contributed by atoms with Gasteiger partial charge in [0, 0.05) is 5.41 Å². The topological polar surface area (TPSA) is 0 Å². The second-order valence-corrected chi connectivity index (χ2v) is 4.52. The van der Waals surface area contributed by atoms with E-state index in [9.17, 15) is 4.39 Å². The van der Waals surface area contributed by atoms with Crippen LogP contribution in [0.3, 0.4) is 0 Å². The summed E-state index contributed by atoms with van der Waals surface area (Å²) in [6, 6.07) is 0. The minimum atomic E-state index is -0.285. The van der Waals surface area contributed by atoms with Gasteiger partial charge >= 0.3 is 0 Å². The van der Waals surface area contributed by atoms with Gasteiger partial charge in [-0.3, -0.25) is 0 Å². The van der Waals surface area contributed by atoms with Crippen LogP contribution in [0.2, 0.25) is 0 Å². The number of hydrogen-bond acceptors (Lipinski definition) is 0. The Morgan fingerprint density at radius 2 is 1.73 bits per heavy atom. The first-order chi connectivity index (χ1) is 4.93. The van der Waals surface area contributed by atoms with Gasteiger partial charge in [-0.1, -0.05) is 20.8 Å². The number of halogens is 1. The van der Waals surface area contributed by atoms with E-state index < -0.39 is 0 Å². The van der Waals surface area contributed by atoms with Gasteiger partial charge in [0.2, 0.25) is 0 Å². The lowest BCUT2D eigenvalue weighted by atomic mass is 9.91. The highest BCUT2D eigenvalue weighted by Crippen LogP contribution is 2.41. The van der Waals surface area contributed by atoms with Crippen LogP contribution in [-0.2, 0) is 0 Å². The second kappa shape index (κ2) is 2.62. The van der Waals surface area contributed by atoms with Crippen LogP contribution >= 0.6 is 0 Å². The highest BCUT2D eigenvalue weighted by Gasteiger charge is 2.29. The molecule has 1 heteroatoms. The monoisotopic (exact) mass is 156 g/mol. The smallest absolute Gasteiger partial charge is 0.104 e. The van der Waals surface area contributed by atoms with E-state index in [-0.39, 0.29) is 11.2 Å². The van der Waals surface area contributed by atoms with Gasteiger partial charge in [-0.15, -0.1) is 0 Å². The van der Waals surface area contributed by atoms with Crippen molar-refractivity contribution in [2.75, 3.05) is 0 Å². The molecule has 1 aliphatic rings. The zero-order chi connectivity index (χ0) is 8.65. The maximum atomic E-state index is 13.5. The molecule has 0 aromatic carbocycles. The van der Waals surface area contributed by atoms with Gasteiger partial charge in [-0.05, 0) is 31.3 Å².